The van der Waals surface area contributed by atoms with Crippen molar-refractivity contribution in [1.82, 2.24) is 20.7 Å². The van der Waals surface area contributed by atoms with E-state index < -0.39 is 0 Å². The molecule has 2 aromatic rings. The van der Waals surface area contributed by atoms with E-state index in [1.165, 1.54) is 0 Å². The Morgan fingerprint density at radius 3 is 2.95 bits per heavy atom. The molecular formula is C11H14N4O2S2. The molecule has 0 spiro atoms. The molecule has 0 saturated carbocycles. The molecule has 0 aliphatic carbocycles. The van der Waals surface area contributed by atoms with Crippen molar-refractivity contribution < 1.29 is 9.32 Å². The summed E-state index contributed by atoms with van der Waals surface area (Å²) in [5.74, 6) is 1.29. The Labute approximate surface area is 119 Å². The van der Waals surface area contributed by atoms with Crippen LogP contribution in [0.2, 0.25) is 0 Å². The number of hydrogen-bond acceptors (Lipinski definition) is 7. The van der Waals surface area contributed by atoms with Crippen molar-refractivity contribution in [3.8, 4) is 0 Å². The van der Waals surface area contributed by atoms with E-state index >= 15 is 0 Å². The van der Waals surface area contributed by atoms with Crippen molar-refractivity contribution >= 4 is 29.0 Å². The molecule has 6 nitrogen and oxygen atoms in total. The first kappa shape index (κ1) is 14.0. The van der Waals surface area contributed by atoms with E-state index in [0.29, 0.717) is 12.3 Å². The molecule has 0 fully saturated rings. The van der Waals surface area contributed by atoms with Gasteiger partial charge >= 0.3 is 0 Å². The van der Waals surface area contributed by atoms with E-state index in [0.717, 1.165) is 20.8 Å². The lowest BCUT2D eigenvalue weighted by molar-refractivity contribution is -0.120. The van der Waals surface area contributed by atoms with E-state index in [-0.39, 0.29) is 12.3 Å². The maximum absolute atomic E-state index is 11.6. The van der Waals surface area contributed by atoms with Crippen LogP contribution in [0.5, 0.6) is 0 Å². The largest absolute Gasteiger partial charge is 0.361 e. The molecule has 102 valence electrons. The van der Waals surface area contributed by atoms with Gasteiger partial charge in [-0.1, -0.05) is 28.3 Å². The Morgan fingerprint density at radius 1 is 1.47 bits per heavy atom. The van der Waals surface area contributed by atoms with Gasteiger partial charge in [0.25, 0.3) is 0 Å². The highest BCUT2D eigenvalue weighted by Gasteiger charge is 2.07. The van der Waals surface area contributed by atoms with Crippen molar-refractivity contribution in [3.05, 3.63) is 22.5 Å². The summed E-state index contributed by atoms with van der Waals surface area (Å²) < 4.78 is 5.91. The first-order chi connectivity index (χ1) is 9.13. The van der Waals surface area contributed by atoms with E-state index in [1.807, 2.05) is 13.8 Å². The van der Waals surface area contributed by atoms with E-state index in [9.17, 15) is 4.79 Å². The molecule has 0 aromatic carbocycles. The monoisotopic (exact) mass is 298 g/mol. The topological polar surface area (TPSA) is 80.9 Å². The fourth-order valence-corrected chi connectivity index (χ4v) is 3.13. The van der Waals surface area contributed by atoms with Crippen molar-refractivity contribution in [2.75, 3.05) is 12.3 Å². The predicted octanol–water partition coefficient (Wildman–Crippen LogP) is 1.59. The number of nitrogens with zero attached hydrogens (tertiary/aromatic N) is 3. The minimum absolute atomic E-state index is 0.0646. The molecule has 2 rings (SSSR count). The second kappa shape index (κ2) is 6.67. The minimum atomic E-state index is -0.0646. The lowest BCUT2D eigenvalue weighted by Crippen LogP contribution is -2.27. The smallest absolute Gasteiger partial charge is 0.227 e. The van der Waals surface area contributed by atoms with Gasteiger partial charge in [0, 0.05) is 18.4 Å². The number of nitrogens with one attached hydrogen (secondary N) is 1. The van der Waals surface area contributed by atoms with Gasteiger partial charge < -0.3 is 9.84 Å². The van der Waals surface area contributed by atoms with Gasteiger partial charge in [0.15, 0.2) is 4.34 Å². The van der Waals surface area contributed by atoms with E-state index in [1.54, 1.807) is 29.2 Å². The highest BCUT2D eigenvalue weighted by atomic mass is 32.2. The van der Waals surface area contributed by atoms with Crippen LogP contribution >= 0.6 is 23.1 Å². The Hall–Kier alpha value is -1.41. The van der Waals surface area contributed by atoms with Crippen LogP contribution in [0.25, 0.3) is 0 Å². The van der Waals surface area contributed by atoms with Gasteiger partial charge in [-0.15, -0.1) is 10.2 Å². The number of aryl methyl sites for hydroxylation is 2. The van der Waals surface area contributed by atoms with Crippen LogP contribution in [-0.2, 0) is 11.2 Å². The van der Waals surface area contributed by atoms with Gasteiger partial charge in [-0.05, 0) is 13.8 Å². The summed E-state index contributed by atoms with van der Waals surface area (Å²) in [6.07, 6.45) is 0.226. The quantitative estimate of drug-likeness (QED) is 0.644. The molecular weight excluding hydrogens is 284 g/mol. The number of rotatable bonds is 6. The molecule has 2 heterocycles. The number of carbonyl (C=O) groups excluding carboxylic acids is 1. The number of thioether (sulfide) groups is 1. The first-order valence-electron chi connectivity index (χ1n) is 5.75. The standard InChI is InChI=1S/C11H14N4O2S2/c1-7-5-9(17-15-7)6-10(16)12-3-4-18-11-14-13-8(2)19-11/h5H,3-4,6H2,1-2H3,(H,12,16). The average Bonchev–Trinajstić information content (AvgIpc) is 2.94. The second-order valence-corrected chi connectivity index (χ2v) is 6.42. The van der Waals surface area contributed by atoms with Crippen LogP contribution in [-0.4, -0.2) is 33.6 Å². The molecule has 19 heavy (non-hydrogen) atoms. The Kier molecular flexibility index (Phi) is 4.92. The van der Waals surface area contributed by atoms with Gasteiger partial charge in [-0.3, -0.25) is 4.79 Å². The molecule has 0 saturated heterocycles. The number of carbonyl (C=O) groups is 1. The summed E-state index contributed by atoms with van der Waals surface area (Å²) in [6.45, 7) is 4.34. The van der Waals surface area contributed by atoms with Gasteiger partial charge in [-0.2, -0.15) is 0 Å². The maximum Gasteiger partial charge on any atom is 0.227 e. The molecule has 8 heteroatoms. The fourth-order valence-electron chi connectivity index (χ4n) is 1.39. The van der Waals surface area contributed by atoms with Gasteiger partial charge in [-0.25, -0.2) is 0 Å². The summed E-state index contributed by atoms with van der Waals surface area (Å²) in [5, 5.41) is 15.4. The van der Waals surface area contributed by atoms with E-state index in [2.05, 4.69) is 20.7 Å². The van der Waals surface area contributed by atoms with Crippen LogP contribution in [0.1, 0.15) is 16.5 Å². The van der Waals surface area contributed by atoms with Crippen LogP contribution in [0, 0.1) is 13.8 Å². The zero-order valence-corrected chi connectivity index (χ0v) is 12.3. The predicted molar refractivity (Wildman–Crippen MR) is 73.3 cm³/mol. The molecule has 0 radical (unpaired) electrons. The highest BCUT2D eigenvalue weighted by Crippen LogP contribution is 2.20. The van der Waals surface area contributed by atoms with Crippen molar-refractivity contribution in [2.24, 2.45) is 0 Å². The highest BCUT2D eigenvalue weighted by molar-refractivity contribution is 8.01. The van der Waals surface area contributed by atoms with Crippen LogP contribution in [0.3, 0.4) is 0 Å². The maximum atomic E-state index is 11.6. The normalized spacial score (nSPS) is 10.6. The molecule has 0 aliphatic heterocycles. The number of hydrogen-bond donors (Lipinski definition) is 1. The SMILES string of the molecule is Cc1cc(CC(=O)NCCSc2nnc(C)s2)on1. The Bertz CT molecular complexity index is 552. The van der Waals surface area contributed by atoms with Gasteiger partial charge in [0.2, 0.25) is 5.91 Å². The van der Waals surface area contributed by atoms with E-state index in [4.69, 9.17) is 4.52 Å². The third-order valence-electron chi connectivity index (χ3n) is 2.17. The molecule has 0 unspecified atom stereocenters. The van der Waals surface area contributed by atoms with Crippen molar-refractivity contribution in [2.45, 2.75) is 24.6 Å². The Morgan fingerprint density at radius 2 is 2.32 bits per heavy atom. The molecule has 0 aliphatic rings. The molecule has 0 bridgehead atoms. The first-order valence-corrected chi connectivity index (χ1v) is 7.55. The third kappa shape index (κ3) is 4.64. The van der Waals surface area contributed by atoms with Crippen molar-refractivity contribution in [1.29, 1.82) is 0 Å². The fraction of sp³-hybridized carbons (Fsp3) is 0.455. The number of aromatic nitrogens is 3. The lowest BCUT2D eigenvalue weighted by atomic mass is 10.3. The minimum Gasteiger partial charge on any atom is -0.361 e. The summed E-state index contributed by atoms with van der Waals surface area (Å²) in [5.41, 5.74) is 0.782. The second-order valence-electron chi connectivity index (χ2n) is 3.90. The van der Waals surface area contributed by atoms with Crippen LogP contribution in [0.4, 0.5) is 0 Å². The summed E-state index contributed by atoms with van der Waals surface area (Å²) >= 11 is 3.14. The van der Waals surface area contributed by atoms with Crippen molar-refractivity contribution in [3.63, 3.8) is 0 Å². The Balaban J connectivity index is 1.64. The lowest BCUT2D eigenvalue weighted by Gasteiger charge is -2.01. The average molecular weight is 298 g/mol. The number of amides is 1. The van der Waals surface area contributed by atoms with Crippen LogP contribution in [0.15, 0.2) is 14.9 Å². The molecule has 1 amide bonds. The molecule has 0 atom stereocenters. The molecule has 2 aromatic heterocycles. The molecule has 1 N–H and O–H groups in total. The summed E-state index contributed by atoms with van der Waals surface area (Å²) in [4.78, 5) is 11.6. The van der Waals surface area contributed by atoms with Gasteiger partial charge in [0.05, 0.1) is 12.1 Å². The van der Waals surface area contributed by atoms with Crippen LogP contribution < -0.4 is 5.32 Å². The zero-order chi connectivity index (χ0) is 13.7. The zero-order valence-electron chi connectivity index (χ0n) is 10.7. The van der Waals surface area contributed by atoms with Gasteiger partial charge in [0.1, 0.15) is 10.8 Å². The summed E-state index contributed by atoms with van der Waals surface area (Å²) in [7, 11) is 0. The summed E-state index contributed by atoms with van der Waals surface area (Å²) in [6, 6.07) is 1.76. The third-order valence-corrected chi connectivity index (χ3v) is 4.14.